The zero-order chi connectivity index (χ0) is 24.9. The number of hydrogen-bond donors (Lipinski definition) is 1. The van der Waals surface area contributed by atoms with Crippen molar-refractivity contribution in [3.8, 4) is 5.75 Å². The fourth-order valence-corrected chi connectivity index (χ4v) is 4.58. The van der Waals surface area contributed by atoms with E-state index in [0.29, 0.717) is 27.3 Å². The van der Waals surface area contributed by atoms with Crippen molar-refractivity contribution in [1.82, 2.24) is 0 Å². The number of ether oxygens (including phenoxy) is 1. The molecule has 0 saturated carbocycles. The van der Waals surface area contributed by atoms with Gasteiger partial charge >= 0.3 is 0 Å². The lowest BCUT2D eigenvalue weighted by Crippen LogP contribution is -2.31. The summed E-state index contributed by atoms with van der Waals surface area (Å²) in [6.07, 6.45) is 0. The number of benzene rings is 3. The van der Waals surface area contributed by atoms with E-state index in [4.69, 9.17) is 20.8 Å². The molecule has 8 heteroatoms. The summed E-state index contributed by atoms with van der Waals surface area (Å²) < 4.78 is 25.2. The van der Waals surface area contributed by atoms with Crippen molar-refractivity contribution >= 4 is 39.9 Å². The molecular formula is C27H19ClFNO5. The molecule has 0 spiro atoms. The first kappa shape index (κ1) is 22.7. The van der Waals surface area contributed by atoms with Crippen LogP contribution in [0.1, 0.15) is 27.7 Å². The number of methoxy groups -OCH3 is 1. The van der Waals surface area contributed by atoms with Crippen LogP contribution in [0.25, 0.3) is 11.0 Å². The van der Waals surface area contributed by atoms with Gasteiger partial charge in [-0.2, -0.15) is 0 Å². The van der Waals surface area contributed by atoms with Crippen molar-refractivity contribution in [2.45, 2.75) is 13.0 Å². The van der Waals surface area contributed by atoms with Gasteiger partial charge in [-0.05, 0) is 42.8 Å². The number of Topliss-reactive ketones (excluding diaryl/α,β-unsaturated/α-hetero) is 1. The van der Waals surface area contributed by atoms with E-state index in [1.165, 1.54) is 36.3 Å². The van der Waals surface area contributed by atoms with Gasteiger partial charge in [-0.25, -0.2) is 4.39 Å². The Kier molecular flexibility index (Phi) is 5.57. The van der Waals surface area contributed by atoms with Crippen LogP contribution in [-0.2, 0) is 4.79 Å². The molecule has 1 aliphatic heterocycles. The van der Waals surface area contributed by atoms with Crippen molar-refractivity contribution < 1.29 is 28.2 Å². The molecule has 0 saturated heterocycles. The number of fused-ring (bicyclic) bond motifs is 1. The highest BCUT2D eigenvalue weighted by Gasteiger charge is 2.45. The maximum absolute atomic E-state index is 14.1. The van der Waals surface area contributed by atoms with Crippen LogP contribution in [0.4, 0.5) is 10.1 Å². The van der Waals surface area contributed by atoms with Crippen molar-refractivity contribution in [3.63, 3.8) is 0 Å². The van der Waals surface area contributed by atoms with Crippen LogP contribution in [0, 0.1) is 12.7 Å². The molecule has 1 N–H and O–H groups in total. The second kappa shape index (κ2) is 8.60. The Labute approximate surface area is 204 Å². The molecule has 1 aromatic heterocycles. The van der Waals surface area contributed by atoms with E-state index < -0.39 is 29.3 Å². The van der Waals surface area contributed by atoms with Gasteiger partial charge in [-0.3, -0.25) is 14.5 Å². The van der Waals surface area contributed by atoms with Crippen molar-refractivity contribution in [2.24, 2.45) is 0 Å². The molecule has 5 rings (SSSR count). The number of anilines is 1. The lowest BCUT2D eigenvalue weighted by Gasteiger charge is -2.27. The summed E-state index contributed by atoms with van der Waals surface area (Å²) in [5, 5.41) is 11.8. The first-order valence-electron chi connectivity index (χ1n) is 10.7. The van der Waals surface area contributed by atoms with Crippen molar-refractivity contribution in [3.05, 3.63) is 106 Å². The maximum Gasteiger partial charge on any atom is 0.294 e. The molecule has 1 amide bonds. The zero-order valence-corrected chi connectivity index (χ0v) is 19.5. The summed E-state index contributed by atoms with van der Waals surface area (Å²) in [7, 11) is 1.45. The van der Waals surface area contributed by atoms with E-state index in [-0.39, 0.29) is 17.0 Å². The number of carbonyl (C=O) groups is 2. The number of ketones is 1. The second-order valence-electron chi connectivity index (χ2n) is 8.20. The number of amides is 1. The molecule has 1 unspecified atom stereocenters. The monoisotopic (exact) mass is 491 g/mol. The van der Waals surface area contributed by atoms with Gasteiger partial charge in [0.2, 0.25) is 5.78 Å². The number of aliphatic hydroxyl groups excluding tert-OH is 1. The standard InChI is InChI=1S/C27H19ClFNO5/c1-14-5-3-6-15(9-14)23-22(25(32)27(33)30(23)19-8-4-7-18(29)13-19)24(31)20-11-16-10-17(28)12-21(34-2)26(16)35-20/h3-13,23,32H,1-2H3. The van der Waals surface area contributed by atoms with E-state index in [1.54, 1.807) is 36.4 Å². The van der Waals surface area contributed by atoms with E-state index in [2.05, 4.69) is 0 Å². The SMILES string of the molecule is COc1cc(Cl)cc2cc(C(=O)C3=C(O)C(=O)N(c4cccc(F)c4)C3c3cccc(C)c3)oc12. The predicted octanol–water partition coefficient (Wildman–Crippen LogP) is 6.33. The molecule has 4 aromatic rings. The molecule has 1 atom stereocenters. The van der Waals surface area contributed by atoms with Gasteiger partial charge in [-0.15, -0.1) is 0 Å². The quantitative estimate of drug-likeness (QED) is 0.330. The minimum atomic E-state index is -1.00. The van der Waals surface area contributed by atoms with Crippen LogP contribution in [0.3, 0.4) is 0 Å². The molecule has 35 heavy (non-hydrogen) atoms. The van der Waals surface area contributed by atoms with Gasteiger partial charge < -0.3 is 14.3 Å². The maximum atomic E-state index is 14.1. The molecular weight excluding hydrogens is 473 g/mol. The number of hydrogen-bond acceptors (Lipinski definition) is 5. The Balaban J connectivity index is 1.68. The van der Waals surface area contributed by atoms with E-state index in [9.17, 15) is 19.1 Å². The fraction of sp³-hybridized carbons (Fsp3) is 0.111. The van der Waals surface area contributed by atoms with Gasteiger partial charge in [0.1, 0.15) is 5.82 Å². The number of aliphatic hydroxyl groups is 1. The number of carbonyl (C=O) groups excluding carboxylic acids is 2. The molecule has 176 valence electrons. The van der Waals surface area contributed by atoms with E-state index >= 15 is 0 Å². The summed E-state index contributed by atoms with van der Waals surface area (Å²) >= 11 is 6.14. The minimum absolute atomic E-state index is 0.103. The summed E-state index contributed by atoms with van der Waals surface area (Å²) in [6.45, 7) is 1.87. The van der Waals surface area contributed by atoms with Crippen molar-refractivity contribution in [1.29, 1.82) is 0 Å². The molecule has 6 nitrogen and oxygen atoms in total. The highest BCUT2D eigenvalue weighted by atomic mass is 35.5. The van der Waals surface area contributed by atoms with Crippen LogP contribution in [0.2, 0.25) is 5.02 Å². The topological polar surface area (TPSA) is 80.0 Å². The second-order valence-corrected chi connectivity index (χ2v) is 8.64. The third-order valence-corrected chi connectivity index (χ3v) is 6.11. The summed E-state index contributed by atoms with van der Waals surface area (Å²) in [4.78, 5) is 28.2. The first-order valence-corrected chi connectivity index (χ1v) is 11.1. The van der Waals surface area contributed by atoms with Gasteiger partial charge in [0.05, 0.1) is 18.7 Å². The van der Waals surface area contributed by atoms with Crippen LogP contribution in [-0.4, -0.2) is 23.9 Å². The summed E-state index contributed by atoms with van der Waals surface area (Å²) in [6, 6.07) is 16.3. The van der Waals surface area contributed by atoms with Crippen molar-refractivity contribution in [2.75, 3.05) is 12.0 Å². The third-order valence-electron chi connectivity index (χ3n) is 5.89. The summed E-state index contributed by atoms with van der Waals surface area (Å²) in [5.74, 6) is -2.55. The van der Waals surface area contributed by atoms with Crippen LogP contribution in [0.15, 0.2) is 82.5 Å². The average Bonchev–Trinajstić information content (AvgIpc) is 3.37. The summed E-state index contributed by atoms with van der Waals surface area (Å²) in [5.41, 5.74) is 1.80. The highest BCUT2D eigenvalue weighted by molar-refractivity contribution is 6.31. The smallest absolute Gasteiger partial charge is 0.294 e. The zero-order valence-electron chi connectivity index (χ0n) is 18.7. The number of halogens is 2. The van der Waals surface area contributed by atoms with Gasteiger partial charge in [0.25, 0.3) is 5.91 Å². The van der Waals surface area contributed by atoms with Crippen LogP contribution < -0.4 is 9.64 Å². The molecule has 0 fully saturated rings. The number of aryl methyl sites for hydroxylation is 1. The Bertz CT molecular complexity index is 1540. The van der Waals surface area contributed by atoms with E-state index in [0.717, 1.165) is 5.56 Å². The molecule has 2 heterocycles. The minimum Gasteiger partial charge on any atom is -0.503 e. The molecule has 0 bridgehead atoms. The van der Waals surface area contributed by atoms with Gasteiger partial charge in [-0.1, -0.05) is 47.5 Å². The van der Waals surface area contributed by atoms with Crippen LogP contribution in [0.5, 0.6) is 5.75 Å². The Morgan fingerprint density at radius 3 is 2.60 bits per heavy atom. The fourth-order valence-electron chi connectivity index (χ4n) is 4.37. The Hall–Kier alpha value is -4.10. The normalized spacial score (nSPS) is 15.8. The molecule has 0 radical (unpaired) electrons. The molecule has 3 aromatic carbocycles. The Morgan fingerprint density at radius 1 is 1.11 bits per heavy atom. The lowest BCUT2D eigenvalue weighted by molar-refractivity contribution is -0.117. The number of furan rings is 1. The lowest BCUT2D eigenvalue weighted by atomic mass is 9.94. The largest absolute Gasteiger partial charge is 0.503 e. The Morgan fingerprint density at radius 2 is 1.89 bits per heavy atom. The third kappa shape index (κ3) is 3.84. The average molecular weight is 492 g/mol. The first-order chi connectivity index (χ1) is 16.8. The number of nitrogens with zero attached hydrogens (tertiary/aromatic N) is 1. The molecule has 1 aliphatic rings. The van der Waals surface area contributed by atoms with Gasteiger partial charge in [0.15, 0.2) is 22.9 Å². The molecule has 0 aliphatic carbocycles. The van der Waals surface area contributed by atoms with E-state index in [1.807, 2.05) is 13.0 Å². The van der Waals surface area contributed by atoms with Crippen LogP contribution >= 0.6 is 11.6 Å². The van der Waals surface area contributed by atoms with Gasteiger partial charge in [0, 0.05) is 22.2 Å². The highest BCUT2D eigenvalue weighted by Crippen LogP contribution is 2.43. The number of rotatable bonds is 5. The predicted molar refractivity (Wildman–Crippen MR) is 130 cm³/mol.